The second-order valence-electron chi connectivity index (χ2n) is 3.91. The van der Waals surface area contributed by atoms with E-state index in [1.807, 2.05) is 0 Å². The van der Waals surface area contributed by atoms with E-state index in [1.54, 1.807) is 26.4 Å². The van der Waals surface area contributed by atoms with Crippen LogP contribution in [-0.4, -0.2) is 54.2 Å². The summed E-state index contributed by atoms with van der Waals surface area (Å²) < 4.78 is 30.7. The van der Waals surface area contributed by atoms with Crippen LogP contribution in [0.3, 0.4) is 0 Å². The largest absolute Gasteiger partial charge is 0.463 e. The molecule has 0 amide bonds. The topological polar surface area (TPSA) is 75.3 Å². The van der Waals surface area contributed by atoms with Crippen LogP contribution in [0.1, 0.15) is 0 Å². The van der Waals surface area contributed by atoms with Gasteiger partial charge in [0.05, 0.1) is 26.4 Å². The first-order valence-electron chi connectivity index (χ1n) is 6.48. The van der Waals surface area contributed by atoms with E-state index < -0.39 is 0 Å². The summed E-state index contributed by atoms with van der Waals surface area (Å²) in [5.74, 6) is 0.139. The van der Waals surface area contributed by atoms with E-state index in [1.165, 1.54) is 6.07 Å². The van der Waals surface area contributed by atoms with Crippen molar-refractivity contribution in [2.45, 2.75) is 0 Å². The van der Waals surface area contributed by atoms with E-state index in [9.17, 15) is 5.11 Å². The Morgan fingerprint density at radius 2 is 1.48 bits per heavy atom. The van der Waals surface area contributed by atoms with Gasteiger partial charge in [-0.05, 0) is 12.1 Å². The number of hydrogen-bond donors (Lipinski definition) is 0. The molecule has 0 spiro atoms. The highest BCUT2D eigenvalue weighted by Gasteiger charge is 2.12. The third-order valence-corrected chi connectivity index (χ3v) is 2.39. The van der Waals surface area contributed by atoms with Crippen LogP contribution in [0.15, 0.2) is 18.2 Å². The maximum atomic E-state index is 11.7. The standard InChI is InChI=1S/C14H21O7/c1-16-6-8-18-10-20-13-5-3-4-12(15)14(13)21-11-19-9-7-17-2/h3-5H,6-11H2,1-2H3. The average molecular weight is 301 g/mol. The fourth-order valence-corrected chi connectivity index (χ4v) is 1.36. The van der Waals surface area contributed by atoms with E-state index in [0.29, 0.717) is 32.2 Å². The molecule has 119 valence electrons. The van der Waals surface area contributed by atoms with Crippen molar-refractivity contribution >= 4 is 0 Å². The van der Waals surface area contributed by atoms with Crippen LogP contribution in [0, 0.1) is 0 Å². The molecular weight excluding hydrogens is 280 g/mol. The molecule has 7 heteroatoms. The summed E-state index contributed by atoms with van der Waals surface area (Å²) in [5.41, 5.74) is 0. The van der Waals surface area contributed by atoms with Crippen molar-refractivity contribution in [2.75, 3.05) is 54.2 Å². The fraction of sp³-hybridized carbons (Fsp3) is 0.571. The Labute approximate surface area is 124 Å². The van der Waals surface area contributed by atoms with Crippen molar-refractivity contribution in [1.82, 2.24) is 0 Å². The van der Waals surface area contributed by atoms with Crippen LogP contribution in [0.4, 0.5) is 0 Å². The molecule has 0 atom stereocenters. The van der Waals surface area contributed by atoms with Gasteiger partial charge in [-0.2, -0.15) is 0 Å². The minimum absolute atomic E-state index is 0.00764. The van der Waals surface area contributed by atoms with Crippen molar-refractivity contribution < 1.29 is 33.5 Å². The van der Waals surface area contributed by atoms with Gasteiger partial charge in [0.1, 0.15) is 0 Å². The first kappa shape index (κ1) is 17.5. The van der Waals surface area contributed by atoms with E-state index in [4.69, 9.17) is 28.4 Å². The molecule has 0 saturated heterocycles. The van der Waals surface area contributed by atoms with Gasteiger partial charge in [0.25, 0.3) is 0 Å². The van der Waals surface area contributed by atoms with Crippen LogP contribution in [-0.2, 0) is 24.1 Å². The van der Waals surface area contributed by atoms with E-state index in [0.717, 1.165) is 0 Å². The van der Waals surface area contributed by atoms with Gasteiger partial charge in [0.15, 0.2) is 19.3 Å². The number of para-hydroxylation sites is 1. The Morgan fingerprint density at radius 3 is 2.10 bits per heavy atom. The highest BCUT2D eigenvalue weighted by atomic mass is 16.7. The van der Waals surface area contributed by atoms with Gasteiger partial charge in [-0.15, -0.1) is 0 Å². The third-order valence-electron chi connectivity index (χ3n) is 2.39. The molecule has 21 heavy (non-hydrogen) atoms. The maximum Gasteiger partial charge on any atom is 0.224 e. The van der Waals surface area contributed by atoms with Crippen LogP contribution in [0.2, 0.25) is 0 Å². The Kier molecular flexibility index (Phi) is 9.30. The molecule has 0 aliphatic carbocycles. The molecule has 1 rings (SSSR count). The van der Waals surface area contributed by atoms with Gasteiger partial charge in [-0.3, -0.25) is 5.11 Å². The number of hydrogen-bond acceptors (Lipinski definition) is 6. The van der Waals surface area contributed by atoms with Gasteiger partial charge < -0.3 is 28.4 Å². The Balaban J connectivity index is 2.41. The van der Waals surface area contributed by atoms with Crippen LogP contribution < -0.4 is 9.47 Å². The van der Waals surface area contributed by atoms with E-state index in [2.05, 4.69) is 0 Å². The van der Waals surface area contributed by atoms with E-state index >= 15 is 0 Å². The van der Waals surface area contributed by atoms with Gasteiger partial charge >= 0.3 is 0 Å². The molecule has 0 aliphatic heterocycles. The molecule has 1 radical (unpaired) electrons. The maximum absolute atomic E-state index is 11.7. The minimum Gasteiger partial charge on any atom is -0.463 e. The quantitative estimate of drug-likeness (QED) is 0.433. The summed E-state index contributed by atoms with van der Waals surface area (Å²) in [7, 11) is 3.16. The number of ether oxygens (including phenoxy) is 6. The first-order valence-corrected chi connectivity index (χ1v) is 6.48. The Morgan fingerprint density at radius 1 is 0.857 bits per heavy atom. The smallest absolute Gasteiger partial charge is 0.224 e. The molecule has 0 aromatic heterocycles. The van der Waals surface area contributed by atoms with Crippen molar-refractivity contribution in [3.63, 3.8) is 0 Å². The van der Waals surface area contributed by atoms with Crippen LogP contribution >= 0.6 is 0 Å². The van der Waals surface area contributed by atoms with E-state index in [-0.39, 0.29) is 25.1 Å². The molecule has 7 nitrogen and oxygen atoms in total. The zero-order valence-electron chi connectivity index (χ0n) is 12.3. The van der Waals surface area contributed by atoms with Gasteiger partial charge in [0.2, 0.25) is 11.5 Å². The Hall–Kier alpha value is -1.54. The molecule has 0 N–H and O–H groups in total. The normalized spacial score (nSPS) is 10.6. The number of rotatable bonds is 12. The molecule has 0 fully saturated rings. The van der Waals surface area contributed by atoms with Gasteiger partial charge in [-0.1, -0.05) is 6.07 Å². The predicted octanol–water partition coefficient (Wildman–Crippen LogP) is 1.83. The number of benzene rings is 1. The Bertz CT molecular complexity index is 384. The lowest BCUT2D eigenvalue weighted by Crippen LogP contribution is -2.10. The van der Waals surface area contributed by atoms with Crippen LogP contribution in [0.25, 0.3) is 0 Å². The van der Waals surface area contributed by atoms with Crippen molar-refractivity contribution in [3.8, 4) is 17.2 Å². The van der Waals surface area contributed by atoms with Crippen LogP contribution in [0.5, 0.6) is 17.2 Å². The zero-order chi connectivity index (χ0) is 15.3. The SMILES string of the molecule is COCCOCOc1cccc([O])c1OCOCCOC. The lowest BCUT2D eigenvalue weighted by Gasteiger charge is -2.13. The fourth-order valence-electron chi connectivity index (χ4n) is 1.36. The summed E-state index contributed by atoms with van der Waals surface area (Å²) in [6.07, 6.45) is 0. The van der Waals surface area contributed by atoms with Gasteiger partial charge in [0, 0.05) is 14.2 Å². The lowest BCUT2D eigenvalue weighted by molar-refractivity contribution is -0.0219. The molecule has 1 aromatic carbocycles. The summed E-state index contributed by atoms with van der Waals surface area (Å²) in [5, 5.41) is 11.7. The summed E-state index contributed by atoms with van der Waals surface area (Å²) in [6.45, 7) is 1.68. The summed E-state index contributed by atoms with van der Waals surface area (Å²) >= 11 is 0. The molecule has 1 aromatic rings. The monoisotopic (exact) mass is 301 g/mol. The highest BCUT2D eigenvalue weighted by Crippen LogP contribution is 2.36. The molecule has 0 saturated carbocycles. The molecule has 0 unspecified atom stereocenters. The molecule has 0 bridgehead atoms. The van der Waals surface area contributed by atoms with Crippen molar-refractivity contribution in [2.24, 2.45) is 0 Å². The second-order valence-corrected chi connectivity index (χ2v) is 3.91. The summed E-state index contributed by atoms with van der Waals surface area (Å²) in [4.78, 5) is 0. The highest BCUT2D eigenvalue weighted by molar-refractivity contribution is 5.49. The van der Waals surface area contributed by atoms with Crippen molar-refractivity contribution in [1.29, 1.82) is 0 Å². The van der Waals surface area contributed by atoms with Gasteiger partial charge in [-0.25, -0.2) is 0 Å². The summed E-state index contributed by atoms with van der Waals surface area (Å²) in [6, 6.07) is 4.61. The second kappa shape index (κ2) is 11.2. The molecule has 0 heterocycles. The van der Waals surface area contributed by atoms with Crippen molar-refractivity contribution in [3.05, 3.63) is 18.2 Å². The molecule has 0 aliphatic rings. The lowest BCUT2D eigenvalue weighted by atomic mass is 10.3. The predicted molar refractivity (Wildman–Crippen MR) is 73.2 cm³/mol. The zero-order valence-corrected chi connectivity index (χ0v) is 12.3. The average Bonchev–Trinajstić information content (AvgIpc) is 2.49. The third kappa shape index (κ3) is 7.14. The first-order chi connectivity index (χ1) is 10.3. The minimum atomic E-state index is -0.278. The number of methoxy groups -OCH3 is 2. The molecular formula is C14H21O7.